The normalized spacial score (nSPS) is 13.2. The Kier molecular flexibility index (Phi) is 3.67. The fourth-order valence-corrected chi connectivity index (χ4v) is 3.38. The van der Waals surface area contributed by atoms with Gasteiger partial charge in [0, 0.05) is 17.8 Å². The molecular formula is C14H20N2S. The molecule has 92 valence electrons. The van der Waals surface area contributed by atoms with Gasteiger partial charge in [0.2, 0.25) is 0 Å². The number of aromatic nitrogens is 2. The van der Waals surface area contributed by atoms with Crippen molar-refractivity contribution in [3.05, 3.63) is 28.5 Å². The summed E-state index contributed by atoms with van der Waals surface area (Å²) in [7, 11) is 0. The van der Waals surface area contributed by atoms with Crippen molar-refractivity contribution < 1.29 is 0 Å². The molecule has 2 aromatic rings. The standard InChI is InChI=1S/C12H14N2S.C2H6/c1-8-6-9(2)15-12(8)10-7-13-11-4-3-5-14(10)11;1-2/h6-7H,3-5H2,1-2H3;1-2H3. The molecule has 0 radical (unpaired) electrons. The second-order valence-electron chi connectivity index (χ2n) is 4.18. The lowest BCUT2D eigenvalue weighted by Gasteiger charge is -2.03. The van der Waals surface area contributed by atoms with Crippen molar-refractivity contribution in [1.82, 2.24) is 9.55 Å². The summed E-state index contributed by atoms with van der Waals surface area (Å²) in [5.74, 6) is 1.26. The zero-order valence-corrected chi connectivity index (χ0v) is 11.9. The first-order valence-electron chi connectivity index (χ1n) is 6.37. The summed E-state index contributed by atoms with van der Waals surface area (Å²) in [6.07, 6.45) is 4.43. The maximum Gasteiger partial charge on any atom is 0.109 e. The van der Waals surface area contributed by atoms with Crippen molar-refractivity contribution in [1.29, 1.82) is 0 Å². The lowest BCUT2D eigenvalue weighted by atomic mass is 10.2. The van der Waals surface area contributed by atoms with Crippen LogP contribution in [0.1, 0.15) is 36.5 Å². The van der Waals surface area contributed by atoms with Gasteiger partial charge < -0.3 is 4.57 Å². The number of rotatable bonds is 1. The molecule has 3 heteroatoms. The zero-order chi connectivity index (χ0) is 12.4. The Morgan fingerprint density at radius 3 is 2.71 bits per heavy atom. The van der Waals surface area contributed by atoms with E-state index >= 15 is 0 Å². The average molecular weight is 248 g/mol. The van der Waals surface area contributed by atoms with E-state index < -0.39 is 0 Å². The van der Waals surface area contributed by atoms with Crippen molar-refractivity contribution in [3.8, 4) is 10.6 Å². The van der Waals surface area contributed by atoms with Gasteiger partial charge in [0.25, 0.3) is 0 Å². The van der Waals surface area contributed by atoms with Crippen LogP contribution >= 0.6 is 11.3 Å². The molecule has 1 aliphatic rings. The van der Waals surface area contributed by atoms with Crippen LogP contribution in [0.25, 0.3) is 10.6 Å². The molecule has 3 heterocycles. The van der Waals surface area contributed by atoms with E-state index in [4.69, 9.17) is 0 Å². The van der Waals surface area contributed by atoms with Gasteiger partial charge in [-0.05, 0) is 31.9 Å². The maximum atomic E-state index is 4.49. The first kappa shape index (κ1) is 12.4. The van der Waals surface area contributed by atoms with Crippen LogP contribution < -0.4 is 0 Å². The largest absolute Gasteiger partial charge is 0.327 e. The van der Waals surface area contributed by atoms with Crippen LogP contribution in [0, 0.1) is 13.8 Å². The Morgan fingerprint density at radius 2 is 2.06 bits per heavy atom. The Balaban J connectivity index is 0.000000514. The molecule has 0 saturated heterocycles. The van der Waals surface area contributed by atoms with Crippen molar-refractivity contribution >= 4 is 11.3 Å². The quantitative estimate of drug-likeness (QED) is 0.739. The number of imidazole rings is 1. The minimum absolute atomic E-state index is 1.14. The second kappa shape index (κ2) is 5.05. The summed E-state index contributed by atoms with van der Waals surface area (Å²) in [5.41, 5.74) is 2.70. The van der Waals surface area contributed by atoms with Gasteiger partial charge in [0.15, 0.2) is 0 Å². The number of fused-ring (bicyclic) bond motifs is 1. The van der Waals surface area contributed by atoms with Gasteiger partial charge in [-0.15, -0.1) is 11.3 Å². The van der Waals surface area contributed by atoms with Crippen LogP contribution in [-0.4, -0.2) is 9.55 Å². The van der Waals surface area contributed by atoms with Crippen LogP contribution in [0.3, 0.4) is 0 Å². The molecule has 0 aliphatic carbocycles. The molecule has 17 heavy (non-hydrogen) atoms. The monoisotopic (exact) mass is 248 g/mol. The van der Waals surface area contributed by atoms with Crippen molar-refractivity contribution in [2.24, 2.45) is 0 Å². The van der Waals surface area contributed by atoms with Gasteiger partial charge in [-0.1, -0.05) is 13.8 Å². The predicted molar refractivity (Wildman–Crippen MR) is 74.7 cm³/mol. The Bertz CT molecular complexity index is 508. The van der Waals surface area contributed by atoms with E-state index in [-0.39, 0.29) is 0 Å². The Labute approximate surface area is 107 Å². The fraction of sp³-hybridized carbons (Fsp3) is 0.500. The lowest BCUT2D eigenvalue weighted by Crippen LogP contribution is -1.94. The van der Waals surface area contributed by atoms with Crippen LogP contribution in [0.4, 0.5) is 0 Å². The van der Waals surface area contributed by atoms with Gasteiger partial charge in [-0.25, -0.2) is 4.98 Å². The highest BCUT2D eigenvalue weighted by molar-refractivity contribution is 7.15. The average Bonchev–Trinajstić information content (AvgIpc) is 2.96. The van der Waals surface area contributed by atoms with Gasteiger partial charge in [-0.2, -0.15) is 0 Å². The van der Waals surface area contributed by atoms with Crippen molar-refractivity contribution in [2.75, 3.05) is 0 Å². The Morgan fingerprint density at radius 1 is 1.29 bits per heavy atom. The summed E-state index contributed by atoms with van der Waals surface area (Å²) in [5, 5.41) is 0. The molecule has 0 N–H and O–H groups in total. The van der Waals surface area contributed by atoms with Gasteiger partial charge in [-0.3, -0.25) is 0 Å². The third-order valence-corrected chi connectivity index (χ3v) is 4.17. The molecule has 1 aliphatic heterocycles. The first-order chi connectivity index (χ1) is 8.25. The second-order valence-corrected chi connectivity index (χ2v) is 5.44. The van der Waals surface area contributed by atoms with Crippen LogP contribution in [0.5, 0.6) is 0 Å². The third-order valence-electron chi connectivity index (χ3n) is 2.99. The molecule has 0 atom stereocenters. The summed E-state index contributed by atoms with van der Waals surface area (Å²) in [6, 6.07) is 2.26. The van der Waals surface area contributed by atoms with E-state index in [1.54, 1.807) is 0 Å². The Hall–Kier alpha value is -1.09. The third kappa shape index (κ3) is 2.16. The van der Waals surface area contributed by atoms with E-state index in [9.17, 15) is 0 Å². The molecule has 0 aromatic carbocycles. The molecule has 0 spiro atoms. The molecule has 0 amide bonds. The predicted octanol–water partition coefficient (Wildman–Crippen LogP) is 4.20. The van der Waals surface area contributed by atoms with Crippen molar-refractivity contribution in [2.45, 2.75) is 47.1 Å². The topological polar surface area (TPSA) is 17.8 Å². The molecule has 0 saturated carbocycles. The highest BCUT2D eigenvalue weighted by Gasteiger charge is 2.18. The summed E-state index contributed by atoms with van der Waals surface area (Å²) < 4.78 is 2.37. The molecule has 0 fully saturated rings. The summed E-state index contributed by atoms with van der Waals surface area (Å²) in [4.78, 5) is 7.27. The highest BCUT2D eigenvalue weighted by atomic mass is 32.1. The molecule has 2 aromatic heterocycles. The van der Waals surface area contributed by atoms with Crippen molar-refractivity contribution in [3.63, 3.8) is 0 Å². The number of hydrogen-bond acceptors (Lipinski definition) is 2. The molecule has 0 unspecified atom stereocenters. The van der Waals surface area contributed by atoms with Crippen LogP contribution in [0.2, 0.25) is 0 Å². The van der Waals surface area contributed by atoms with Gasteiger partial charge >= 0.3 is 0 Å². The molecule has 3 rings (SSSR count). The van der Waals surface area contributed by atoms with Crippen LogP contribution in [0.15, 0.2) is 12.3 Å². The van der Waals surface area contributed by atoms with Crippen LogP contribution in [-0.2, 0) is 13.0 Å². The van der Waals surface area contributed by atoms with E-state index in [0.717, 1.165) is 13.0 Å². The number of nitrogens with zero attached hydrogens (tertiary/aromatic N) is 2. The maximum absolute atomic E-state index is 4.49. The smallest absolute Gasteiger partial charge is 0.109 e. The van der Waals surface area contributed by atoms with E-state index in [0.29, 0.717) is 0 Å². The summed E-state index contributed by atoms with van der Waals surface area (Å²) >= 11 is 1.88. The number of thiophene rings is 1. The van der Waals surface area contributed by atoms with E-state index in [1.165, 1.54) is 33.3 Å². The van der Waals surface area contributed by atoms with Gasteiger partial charge in [0.05, 0.1) is 16.8 Å². The number of aryl methyl sites for hydroxylation is 3. The molecular weight excluding hydrogens is 228 g/mol. The summed E-state index contributed by atoms with van der Waals surface area (Å²) in [6.45, 7) is 9.50. The first-order valence-corrected chi connectivity index (χ1v) is 7.19. The minimum atomic E-state index is 1.14. The minimum Gasteiger partial charge on any atom is -0.327 e. The zero-order valence-electron chi connectivity index (χ0n) is 11.1. The number of hydrogen-bond donors (Lipinski definition) is 0. The SMILES string of the molecule is CC.Cc1cc(C)c(-c2cnc3n2CCC3)s1. The highest BCUT2D eigenvalue weighted by Crippen LogP contribution is 2.34. The van der Waals surface area contributed by atoms with E-state index in [2.05, 4.69) is 29.5 Å². The fourth-order valence-electron chi connectivity index (χ4n) is 2.34. The van der Waals surface area contributed by atoms with E-state index in [1.807, 2.05) is 31.4 Å². The molecule has 2 nitrogen and oxygen atoms in total. The van der Waals surface area contributed by atoms with Gasteiger partial charge in [0.1, 0.15) is 5.82 Å². The lowest BCUT2D eigenvalue weighted by molar-refractivity contribution is 0.756. The molecule has 0 bridgehead atoms.